The Balaban J connectivity index is 1.93. The fourth-order valence-corrected chi connectivity index (χ4v) is 2.33. The highest BCUT2D eigenvalue weighted by atomic mass is 32.2. The highest BCUT2D eigenvalue weighted by Gasteiger charge is 2.09. The molecular formula is C10H21N3OS. The molecule has 1 aliphatic rings. The van der Waals surface area contributed by atoms with Crippen molar-refractivity contribution >= 4 is 18.0 Å². The van der Waals surface area contributed by atoms with Crippen molar-refractivity contribution in [2.24, 2.45) is 0 Å². The number of hydrogen-bond donors (Lipinski definition) is 2. The van der Waals surface area contributed by atoms with Gasteiger partial charge in [0.05, 0.1) is 0 Å². The van der Waals surface area contributed by atoms with E-state index in [1.54, 1.807) is 0 Å². The summed E-state index contributed by atoms with van der Waals surface area (Å²) in [7, 11) is 0. The molecule has 1 rings (SSSR count). The molecule has 2 N–H and O–H groups in total. The maximum atomic E-state index is 11.0. The lowest BCUT2D eigenvalue weighted by molar-refractivity contribution is 0.241. The van der Waals surface area contributed by atoms with Gasteiger partial charge in [0.1, 0.15) is 0 Å². The molecule has 0 aromatic heterocycles. The van der Waals surface area contributed by atoms with Gasteiger partial charge in [-0.2, -0.15) is 0 Å². The minimum Gasteiger partial charge on any atom is -0.338 e. The monoisotopic (exact) mass is 231 g/mol. The molecule has 0 aromatic carbocycles. The van der Waals surface area contributed by atoms with Crippen LogP contribution in [0.3, 0.4) is 0 Å². The highest BCUT2D eigenvalue weighted by Crippen LogP contribution is 2.08. The summed E-state index contributed by atoms with van der Waals surface area (Å²) in [5.41, 5.74) is 0. The number of nitrogens with zero attached hydrogens (tertiary/aromatic N) is 1. The quantitative estimate of drug-likeness (QED) is 0.556. The van der Waals surface area contributed by atoms with E-state index >= 15 is 0 Å². The molecule has 0 aliphatic carbocycles. The van der Waals surface area contributed by atoms with Crippen molar-refractivity contribution in [3.8, 4) is 0 Å². The number of nitrogens with one attached hydrogen (secondary N) is 2. The van der Waals surface area contributed by atoms with Crippen LogP contribution in [0.25, 0.3) is 0 Å². The summed E-state index contributed by atoms with van der Waals surface area (Å²) in [6.45, 7) is 6.12. The fourth-order valence-electron chi connectivity index (χ4n) is 1.67. The molecule has 5 heteroatoms. The van der Waals surface area contributed by atoms with E-state index in [0.29, 0.717) is 6.54 Å². The molecule has 0 saturated carbocycles. The molecule has 0 atom stereocenters. The first-order valence-corrected chi connectivity index (χ1v) is 6.69. The van der Waals surface area contributed by atoms with Gasteiger partial charge in [-0.1, -0.05) is 6.42 Å². The predicted molar refractivity (Wildman–Crippen MR) is 65.0 cm³/mol. The van der Waals surface area contributed by atoms with Gasteiger partial charge in [0.2, 0.25) is 0 Å². The van der Waals surface area contributed by atoms with E-state index in [1.807, 2.05) is 6.92 Å². The van der Waals surface area contributed by atoms with Crippen LogP contribution in [-0.4, -0.2) is 42.9 Å². The van der Waals surface area contributed by atoms with E-state index in [-0.39, 0.29) is 6.03 Å². The second-order valence-corrected chi connectivity index (χ2v) is 4.61. The highest BCUT2D eigenvalue weighted by molar-refractivity contribution is 7.97. The molecule has 0 unspecified atom stereocenters. The van der Waals surface area contributed by atoms with Crippen LogP contribution in [0.15, 0.2) is 0 Å². The van der Waals surface area contributed by atoms with Gasteiger partial charge >= 0.3 is 6.03 Å². The van der Waals surface area contributed by atoms with Crippen molar-refractivity contribution in [2.45, 2.75) is 26.2 Å². The number of rotatable bonds is 5. The number of urea groups is 1. The minimum atomic E-state index is -0.0823. The lowest BCUT2D eigenvalue weighted by Crippen LogP contribution is -2.34. The zero-order chi connectivity index (χ0) is 10.9. The summed E-state index contributed by atoms with van der Waals surface area (Å²) >= 11 is 1.49. The van der Waals surface area contributed by atoms with E-state index in [0.717, 1.165) is 12.3 Å². The molecule has 1 saturated heterocycles. The second-order valence-electron chi connectivity index (χ2n) is 3.71. The predicted octanol–water partition coefficient (Wildman–Crippen LogP) is 1.44. The number of carbonyl (C=O) groups excluding carboxylic acids is 1. The Morgan fingerprint density at radius 2 is 2.07 bits per heavy atom. The van der Waals surface area contributed by atoms with Crippen LogP contribution >= 0.6 is 11.9 Å². The Morgan fingerprint density at radius 1 is 1.33 bits per heavy atom. The molecule has 88 valence electrons. The van der Waals surface area contributed by atoms with E-state index in [4.69, 9.17) is 0 Å². The van der Waals surface area contributed by atoms with Crippen LogP contribution in [0, 0.1) is 0 Å². The second kappa shape index (κ2) is 7.82. The maximum Gasteiger partial charge on any atom is 0.324 e. The van der Waals surface area contributed by atoms with Gasteiger partial charge in [0, 0.05) is 18.8 Å². The van der Waals surface area contributed by atoms with Crippen LogP contribution in [-0.2, 0) is 0 Å². The Morgan fingerprint density at radius 3 is 2.73 bits per heavy atom. The topological polar surface area (TPSA) is 44.4 Å². The molecule has 0 spiro atoms. The summed E-state index contributed by atoms with van der Waals surface area (Å²) < 4.78 is 2.76. The first kappa shape index (κ1) is 12.6. The average Bonchev–Trinajstić information content (AvgIpc) is 2.26. The van der Waals surface area contributed by atoms with E-state index in [1.165, 1.54) is 44.3 Å². The fraction of sp³-hybridized carbons (Fsp3) is 0.900. The minimum absolute atomic E-state index is 0.0823. The van der Waals surface area contributed by atoms with Crippen LogP contribution in [0.4, 0.5) is 4.79 Å². The van der Waals surface area contributed by atoms with Gasteiger partial charge in [-0.25, -0.2) is 4.79 Å². The van der Waals surface area contributed by atoms with Gasteiger partial charge in [-0.15, -0.1) is 0 Å². The average molecular weight is 231 g/mol. The number of likely N-dealkylation sites (tertiary alicyclic amines) is 1. The van der Waals surface area contributed by atoms with E-state index in [2.05, 4.69) is 14.9 Å². The molecule has 1 fully saturated rings. The van der Waals surface area contributed by atoms with Crippen molar-refractivity contribution < 1.29 is 4.79 Å². The third kappa shape index (κ3) is 5.89. The summed E-state index contributed by atoms with van der Waals surface area (Å²) in [5, 5.41) is 2.70. The summed E-state index contributed by atoms with van der Waals surface area (Å²) in [6.07, 6.45) is 4.03. The molecule has 0 radical (unpaired) electrons. The molecule has 0 bridgehead atoms. The lowest BCUT2D eigenvalue weighted by Gasteiger charge is -2.25. The first-order chi connectivity index (χ1) is 7.33. The molecule has 4 nitrogen and oxygen atoms in total. The maximum absolute atomic E-state index is 11.0. The van der Waals surface area contributed by atoms with Crippen LogP contribution < -0.4 is 10.0 Å². The molecular weight excluding hydrogens is 210 g/mol. The largest absolute Gasteiger partial charge is 0.338 e. The third-order valence-corrected chi connectivity index (χ3v) is 3.18. The van der Waals surface area contributed by atoms with E-state index < -0.39 is 0 Å². The normalized spacial score (nSPS) is 17.4. The lowest BCUT2D eigenvalue weighted by atomic mass is 10.1. The van der Waals surface area contributed by atoms with Crippen LogP contribution in [0.5, 0.6) is 0 Å². The van der Waals surface area contributed by atoms with Gasteiger partial charge < -0.3 is 10.2 Å². The summed E-state index contributed by atoms with van der Waals surface area (Å²) in [5.74, 6) is 0.969. The third-order valence-electron chi connectivity index (χ3n) is 2.46. The van der Waals surface area contributed by atoms with Crippen molar-refractivity contribution in [3.05, 3.63) is 0 Å². The van der Waals surface area contributed by atoms with Gasteiger partial charge in [0.25, 0.3) is 0 Å². The van der Waals surface area contributed by atoms with Crippen molar-refractivity contribution in [3.63, 3.8) is 0 Å². The van der Waals surface area contributed by atoms with Crippen LogP contribution in [0.1, 0.15) is 26.2 Å². The molecule has 1 aliphatic heterocycles. The first-order valence-electron chi connectivity index (χ1n) is 5.71. The molecule has 2 amide bonds. The summed E-state index contributed by atoms with van der Waals surface area (Å²) in [4.78, 5) is 13.5. The van der Waals surface area contributed by atoms with Crippen molar-refractivity contribution in [2.75, 3.05) is 31.9 Å². The molecule has 1 heterocycles. The van der Waals surface area contributed by atoms with Gasteiger partial charge in [0.15, 0.2) is 0 Å². The van der Waals surface area contributed by atoms with Crippen molar-refractivity contribution in [1.29, 1.82) is 0 Å². The Labute approximate surface area is 96.3 Å². The Bertz CT molecular complexity index is 184. The van der Waals surface area contributed by atoms with E-state index in [9.17, 15) is 4.79 Å². The number of carbonyl (C=O) groups is 1. The standard InChI is InChI=1S/C10H21N3OS/c1-2-11-10(14)12-15-9-8-13-6-4-3-5-7-13/h2-9H2,1H3,(H2,11,12,14). The number of piperidine rings is 1. The zero-order valence-electron chi connectivity index (χ0n) is 9.42. The smallest absolute Gasteiger partial charge is 0.324 e. The SMILES string of the molecule is CCNC(=O)NSCCN1CCCCC1. The Kier molecular flexibility index (Phi) is 6.59. The molecule has 15 heavy (non-hydrogen) atoms. The Hall–Kier alpha value is -0.420. The zero-order valence-corrected chi connectivity index (χ0v) is 10.2. The van der Waals surface area contributed by atoms with Gasteiger partial charge in [-0.05, 0) is 44.8 Å². The van der Waals surface area contributed by atoms with Crippen molar-refractivity contribution in [1.82, 2.24) is 14.9 Å². The number of hydrogen-bond acceptors (Lipinski definition) is 3. The summed E-state index contributed by atoms with van der Waals surface area (Å²) in [6, 6.07) is -0.0823. The number of amides is 2. The molecule has 0 aromatic rings. The van der Waals surface area contributed by atoms with Crippen LogP contribution in [0.2, 0.25) is 0 Å². The van der Waals surface area contributed by atoms with Gasteiger partial charge in [-0.3, -0.25) is 4.72 Å².